The molecule has 1 rings (SSSR count). The minimum absolute atomic E-state index is 0.536. The maximum atomic E-state index is 5.44. The van der Waals surface area contributed by atoms with Crippen LogP contribution in [0.3, 0.4) is 0 Å². The summed E-state index contributed by atoms with van der Waals surface area (Å²) in [6.45, 7) is 3.69. The second kappa shape index (κ2) is 5.22. The fourth-order valence-electron chi connectivity index (χ4n) is 0.940. The van der Waals surface area contributed by atoms with Gasteiger partial charge in [0.25, 0.3) is 0 Å². The van der Waals surface area contributed by atoms with E-state index in [-0.39, 0.29) is 0 Å². The van der Waals surface area contributed by atoms with Crippen molar-refractivity contribution in [3.8, 4) is 0 Å². The van der Waals surface area contributed by atoms with Gasteiger partial charge in [0.1, 0.15) is 0 Å². The van der Waals surface area contributed by atoms with Crippen LogP contribution in [0.2, 0.25) is 0 Å². The summed E-state index contributed by atoms with van der Waals surface area (Å²) in [4.78, 5) is 0. The lowest BCUT2D eigenvalue weighted by molar-refractivity contribution is 0.653. The Labute approximate surface area is 77.3 Å². The third kappa shape index (κ3) is 2.87. The molecule has 0 unspecified atom stereocenters. The van der Waals surface area contributed by atoms with E-state index >= 15 is 0 Å². The molecule has 0 saturated carbocycles. The third-order valence-corrected chi connectivity index (χ3v) is 2.45. The minimum Gasteiger partial charge on any atom is -0.325 e. The van der Waals surface area contributed by atoms with Crippen LogP contribution in [0, 0.1) is 0 Å². The number of aromatic nitrogens is 2. The van der Waals surface area contributed by atoms with Gasteiger partial charge in [-0.05, 0) is 11.8 Å². The normalized spacial score (nSPS) is 10.5. The highest BCUT2D eigenvalue weighted by Gasteiger charge is 1.95. The second-order valence-electron chi connectivity index (χ2n) is 2.47. The maximum absolute atomic E-state index is 5.44. The van der Waals surface area contributed by atoms with Crippen molar-refractivity contribution in [3.05, 3.63) is 18.0 Å². The molecule has 0 fully saturated rings. The lowest BCUT2D eigenvalue weighted by atomic mass is 10.4. The lowest BCUT2D eigenvalue weighted by Gasteiger charge is -1.98. The van der Waals surface area contributed by atoms with Crippen LogP contribution >= 0.6 is 11.8 Å². The van der Waals surface area contributed by atoms with Gasteiger partial charge in [0.15, 0.2) is 0 Å². The third-order valence-electron chi connectivity index (χ3n) is 1.57. The fraction of sp³-hybridized carbons (Fsp3) is 0.625. The zero-order valence-electron chi connectivity index (χ0n) is 7.36. The monoisotopic (exact) mass is 185 g/mol. The van der Waals surface area contributed by atoms with E-state index in [1.165, 1.54) is 5.75 Å². The first-order chi connectivity index (χ1) is 5.86. The second-order valence-corrected chi connectivity index (χ2v) is 3.87. The Morgan fingerprint density at radius 2 is 2.50 bits per heavy atom. The van der Waals surface area contributed by atoms with E-state index < -0.39 is 0 Å². The van der Waals surface area contributed by atoms with E-state index in [1.54, 1.807) is 0 Å². The van der Waals surface area contributed by atoms with Crippen molar-refractivity contribution in [1.29, 1.82) is 0 Å². The lowest BCUT2D eigenvalue weighted by Crippen LogP contribution is -2.03. The number of hydrogen-bond acceptors (Lipinski definition) is 3. The summed E-state index contributed by atoms with van der Waals surface area (Å²) in [5.74, 6) is 2.30. The van der Waals surface area contributed by atoms with Crippen LogP contribution in [0.5, 0.6) is 0 Å². The Morgan fingerprint density at radius 1 is 1.67 bits per heavy atom. The number of rotatable bonds is 5. The number of hydrogen-bond donors (Lipinski definition) is 1. The summed E-state index contributed by atoms with van der Waals surface area (Å²) in [5, 5.41) is 4.28. The molecule has 1 aromatic heterocycles. The molecule has 0 aliphatic heterocycles. The Bertz CT molecular complexity index is 222. The summed E-state index contributed by atoms with van der Waals surface area (Å²) in [6, 6.07) is 1.97. The van der Waals surface area contributed by atoms with Gasteiger partial charge >= 0.3 is 0 Å². The predicted octanol–water partition coefficient (Wildman–Crippen LogP) is 1.09. The van der Waals surface area contributed by atoms with Gasteiger partial charge in [-0.3, -0.25) is 4.68 Å². The van der Waals surface area contributed by atoms with Gasteiger partial charge in [0.05, 0.1) is 5.69 Å². The average molecular weight is 185 g/mol. The van der Waals surface area contributed by atoms with E-state index in [1.807, 2.05) is 28.7 Å². The molecule has 0 aliphatic carbocycles. The van der Waals surface area contributed by atoms with E-state index in [9.17, 15) is 0 Å². The Morgan fingerprint density at radius 3 is 3.08 bits per heavy atom. The molecule has 3 nitrogen and oxygen atoms in total. The number of nitrogens with zero attached hydrogens (tertiary/aromatic N) is 2. The van der Waals surface area contributed by atoms with Crippen LogP contribution in [-0.2, 0) is 13.1 Å². The van der Waals surface area contributed by atoms with Crippen LogP contribution in [0.25, 0.3) is 0 Å². The summed E-state index contributed by atoms with van der Waals surface area (Å²) >= 11 is 1.93. The number of nitrogens with two attached hydrogens (primary N) is 1. The van der Waals surface area contributed by atoms with Crippen molar-refractivity contribution in [1.82, 2.24) is 9.78 Å². The average Bonchev–Trinajstić information content (AvgIpc) is 2.53. The summed E-state index contributed by atoms with van der Waals surface area (Å²) < 4.78 is 1.95. The molecule has 0 amide bonds. The first kappa shape index (κ1) is 9.61. The van der Waals surface area contributed by atoms with E-state index in [2.05, 4.69) is 12.0 Å². The quantitative estimate of drug-likeness (QED) is 0.698. The molecule has 0 radical (unpaired) electrons. The molecule has 0 aromatic carbocycles. The van der Waals surface area contributed by atoms with Crippen LogP contribution in [-0.4, -0.2) is 21.3 Å². The molecule has 68 valence electrons. The van der Waals surface area contributed by atoms with E-state index in [4.69, 9.17) is 5.73 Å². The molecule has 12 heavy (non-hydrogen) atoms. The van der Waals surface area contributed by atoms with Gasteiger partial charge in [-0.15, -0.1) is 0 Å². The van der Waals surface area contributed by atoms with Crippen molar-refractivity contribution in [2.75, 3.05) is 11.5 Å². The van der Waals surface area contributed by atoms with Crippen LogP contribution < -0.4 is 5.73 Å². The fourth-order valence-corrected chi connectivity index (χ4v) is 1.54. The van der Waals surface area contributed by atoms with Crippen LogP contribution in [0.15, 0.2) is 12.3 Å². The van der Waals surface area contributed by atoms with Gasteiger partial charge in [-0.1, -0.05) is 6.92 Å². The van der Waals surface area contributed by atoms with Crippen molar-refractivity contribution >= 4 is 11.8 Å². The molecule has 1 heterocycles. The van der Waals surface area contributed by atoms with E-state index in [0.717, 1.165) is 18.0 Å². The zero-order chi connectivity index (χ0) is 8.81. The van der Waals surface area contributed by atoms with Gasteiger partial charge in [-0.25, -0.2) is 0 Å². The minimum atomic E-state index is 0.536. The van der Waals surface area contributed by atoms with Crippen molar-refractivity contribution in [3.63, 3.8) is 0 Å². The first-order valence-electron chi connectivity index (χ1n) is 4.17. The molecule has 4 heteroatoms. The predicted molar refractivity (Wildman–Crippen MR) is 53.1 cm³/mol. The van der Waals surface area contributed by atoms with Crippen molar-refractivity contribution in [2.24, 2.45) is 5.73 Å². The number of thioether (sulfide) groups is 1. The van der Waals surface area contributed by atoms with Gasteiger partial charge in [0, 0.05) is 25.0 Å². The van der Waals surface area contributed by atoms with Crippen molar-refractivity contribution in [2.45, 2.75) is 20.0 Å². The largest absolute Gasteiger partial charge is 0.325 e. The molecular weight excluding hydrogens is 170 g/mol. The number of aryl methyl sites for hydroxylation is 1. The summed E-state index contributed by atoms with van der Waals surface area (Å²) in [6.07, 6.45) is 1.98. The van der Waals surface area contributed by atoms with Gasteiger partial charge in [0.2, 0.25) is 0 Å². The molecule has 2 N–H and O–H groups in total. The molecular formula is C8H15N3S. The zero-order valence-corrected chi connectivity index (χ0v) is 8.18. The summed E-state index contributed by atoms with van der Waals surface area (Å²) in [7, 11) is 0. The van der Waals surface area contributed by atoms with Gasteiger partial charge in [-0.2, -0.15) is 16.9 Å². The molecule has 1 aromatic rings. The molecule has 0 spiro atoms. The standard InChI is InChI=1S/C8H15N3S/c1-2-12-6-5-11-4-3-8(7-9)10-11/h3-4H,2,5-7,9H2,1H3. The van der Waals surface area contributed by atoms with E-state index in [0.29, 0.717) is 6.54 Å². The smallest absolute Gasteiger partial charge is 0.0760 e. The summed E-state index contributed by atoms with van der Waals surface area (Å²) in [5.41, 5.74) is 6.41. The van der Waals surface area contributed by atoms with Gasteiger partial charge < -0.3 is 5.73 Å². The topological polar surface area (TPSA) is 43.8 Å². The SMILES string of the molecule is CCSCCn1ccc(CN)n1. The maximum Gasteiger partial charge on any atom is 0.0760 e. The Balaban J connectivity index is 2.31. The first-order valence-corrected chi connectivity index (χ1v) is 5.32. The molecule has 0 saturated heterocycles. The Kier molecular flexibility index (Phi) is 4.18. The van der Waals surface area contributed by atoms with Crippen LogP contribution in [0.4, 0.5) is 0 Å². The molecule has 0 atom stereocenters. The highest BCUT2D eigenvalue weighted by molar-refractivity contribution is 7.99. The highest BCUT2D eigenvalue weighted by atomic mass is 32.2. The van der Waals surface area contributed by atoms with Crippen molar-refractivity contribution < 1.29 is 0 Å². The molecule has 0 bridgehead atoms. The Hall–Kier alpha value is -0.480. The van der Waals surface area contributed by atoms with Crippen LogP contribution in [0.1, 0.15) is 12.6 Å². The molecule has 0 aliphatic rings. The highest BCUT2D eigenvalue weighted by Crippen LogP contribution is 2.00.